The molecule has 0 aromatic carbocycles. The molecule has 0 aliphatic rings. The second-order valence-corrected chi connectivity index (χ2v) is 3.81. The van der Waals surface area contributed by atoms with Crippen LogP contribution in [0.15, 0.2) is 0 Å². The Morgan fingerprint density at radius 3 is 3.00 bits per heavy atom. The van der Waals surface area contributed by atoms with Crippen molar-refractivity contribution in [2.45, 2.75) is 19.4 Å². The van der Waals surface area contributed by atoms with E-state index in [4.69, 9.17) is 11.5 Å². The molecule has 0 amide bonds. The highest BCUT2D eigenvalue weighted by Gasteiger charge is 2.05. The van der Waals surface area contributed by atoms with E-state index in [0.717, 1.165) is 18.1 Å². The normalized spacial score (nSPS) is 12.0. The monoisotopic (exact) mass is 201 g/mol. The summed E-state index contributed by atoms with van der Waals surface area (Å²) in [7, 11) is 0. The minimum absolute atomic E-state index is 0.0314. The van der Waals surface area contributed by atoms with Gasteiger partial charge in [0.2, 0.25) is 0 Å². The van der Waals surface area contributed by atoms with Crippen LogP contribution in [0.4, 0.5) is 0 Å². The van der Waals surface area contributed by atoms with E-state index >= 15 is 0 Å². The van der Waals surface area contributed by atoms with Crippen LogP contribution in [0.2, 0.25) is 0 Å². The molecule has 0 saturated heterocycles. The summed E-state index contributed by atoms with van der Waals surface area (Å²) in [6.45, 7) is 2.67. The third-order valence-corrected chi connectivity index (χ3v) is 2.27. The summed E-state index contributed by atoms with van der Waals surface area (Å²) in [6.07, 6.45) is 5.23. The maximum absolute atomic E-state index is 10.3. The predicted molar refractivity (Wildman–Crippen MR) is 55.9 cm³/mol. The first-order valence-electron chi connectivity index (χ1n) is 4.13. The summed E-state index contributed by atoms with van der Waals surface area (Å²) in [6, 6.07) is 0.0314. The third kappa shape index (κ3) is 9.25. The molecular formula is C9H15NO2S. The summed E-state index contributed by atoms with van der Waals surface area (Å²) >= 11 is 1.67. The zero-order valence-electron chi connectivity index (χ0n) is 7.75. The number of carboxylic acid groups (broad SMARTS) is 1. The second-order valence-electron chi connectivity index (χ2n) is 2.71. The van der Waals surface area contributed by atoms with Gasteiger partial charge in [0.25, 0.3) is 0 Å². The molecule has 0 aliphatic heterocycles. The van der Waals surface area contributed by atoms with Crippen LogP contribution in [-0.2, 0) is 4.79 Å². The topological polar surface area (TPSA) is 49.3 Å². The number of aliphatic carboxylic acids is 1. The van der Waals surface area contributed by atoms with Crippen molar-refractivity contribution in [3.05, 3.63) is 0 Å². The van der Waals surface area contributed by atoms with E-state index in [1.807, 2.05) is 6.92 Å². The van der Waals surface area contributed by atoms with Crippen molar-refractivity contribution in [3.8, 4) is 12.3 Å². The average Bonchev–Trinajstić information content (AvgIpc) is 2.02. The molecule has 74 valence electrons. The Morgan fingerprint density at radius 1 is 1.77 bits per heavy atom. The van der Waals surface area contributed by atoms with Gasteiger partial charge in [-0.25, -0.2) is 0 Å². The van der Waals surface area contributed by atoms with Gasteiger partial charge in [-0.15, -0.1) is 18.2 Å². The molecule has 1 unspecified atom stereocenters. The van der Waals surface area contributed by atoms with E-state index in [1.165, 1.54) is 0 Å². The Bertz CT molecular complexity index is 189. The van der Waals surface area contributed by atoms with Gasteiger partial charge in [0.1, 0.15) is 0 Å². The summed E-state index contributed by atoms with van der Waals surface area (Å²) in [5.41, 5.74) is 0. The van der Waals surface area contributed by atoms with Crippen LogP contribution in [0.5, 0.6) is 0 Å². The molecule has 0 aromatic rings. The van der Waals surface area contributed by atoms with Crippen LogP contribution in [-0.4, -0.2) is 35.2 Å². The van der Waals surface area contributed by atoms with E-state index < -0.39 is 5.97 Å². The van der Waals surface area contributed by atoms with E-state index in [0.29, 0.717) is 0 Å². The van der Waals surface area contributed by atoms with Crippen molar-refractivity contribution in [2.75, 3.05) is 18.1 Å². The molecule has 4 heteroatoms. The molecule has 1 atom stereocenters. The maximum Gasteiger partial charge on any atom is 0.304 e. The molecule has 0 aliphatic carbocycles. The standard InChI is InChI=1S/C9H15NO2S/c1-3-5-13-6-4-10-8(2)7-9(11)12/h1,8,10H,4-7H2,2H3,(H,11,12). The molecule has 0 radical (unpaired) electrons. The lowest BCUT2D eigenvalue weighted by molar-refractivity contribution is -0.137. The largest absolute Gasteiger partial charge is 0.481 e. The SMILES string of the molecule is C#CCSCCNC(C)CC(=O)O. The second kappa shape index (κ2) is 7.96. The summed E-state index contributed by atoms with van der Waals surface area (Å²) in [5.74, 6) is 3.40. The molecule has 0 fully saturated rings. The molecule has 0 aromatic heterocycles. The van der Waals surface area contributed by atoms with Crippen molar-refractivity contribution in [1.82, 2.24) is 5.32 Å². The number of carboxylic acids is 1. The van der Waals surface area contributed by atoms with Crippen molar-refractivity contribution in [3.63, 3.8) is 0 Å². The number of nitrogens with one attached hydrogen (secondary N) is 1. The molecule has 13 heavy (non-hydrogen) atoms. The number of carbonyl (C=O) groups is 1. The van der Waals surface area contributed by atoms with Crippen LogP contribution < -0.4 is 5.32 Å². The van der Waals surface area contributed by atoms with Crippen molar-refractivity contribution in [1.29, 1.82) is 0 Å². The van der Waals surface area contributed by atoms with Gasteiger partial charge in [-0.1, -0.05) is 5.92 Å². The number of rotatable bonds is 7. The van der Waals surface area contributed by atoms with Crippen LogP contribution in [0.1, 0.15) is 13.3 Å². The van der Waals surface area contributed by atoms with Gasteiger partial charge in [-0.2, -0.15) is 0 Å². The van der Waals surface area contributed by atoms with E-state index in [-0.39, 0.29) is 12.5 Å². The summed E-state index contributed by atoms with van der Waals surface area (Å²) in [5, 5.41) is 11.6. The fourth-order valence-corrected chi connectivity index (χ4v) is 1.37. The first-order chi connectivity index (χ1) is 6.16. The minimum atomic E-state index is -0.767. The fraction of sp³-hybridized carbons (Fsp3) is 0.667. The molecular weight excluding hydrogens is 186 g/mol. The van der Waals surface area contributed by atoms with Crippen LogP contribution in [0.25, 0.3) is 0 Å². The fourth-order valence-electron chi connectivity index (χ4n) is 0.843. The smallest absolute Gasteiger partial charge is 0.304 e. The van der Waals surface area contributed by atoms with Crippen LogP contribution in [0.3, 0.4) is 0 Å². The molecule has 0 heterocycles. The molecule has 2 N–H and O–H groups in total. The number of hydrogen-bond acceptors (Lipinski definition) is 3. The first-order valence-corrected chi connectivity index (χ1v) is 5.28. The minimum Gasteiger partial charge on any atom is -0.481 e. The van der Waals surface area contributed by atoms with Gasteiger partial charge in [-0.3, -0.25) is 4.79 Å². The Morgan fingerprint density at radius 2 is 2.46 bits per heavy atom. The summed E-state index contributed by atoms with van der Waals surface area (Å²) < 4.78 is 0. The lowest BCUT2D eigenvalue weighted by Crippen LogP contribution is -2.30. The lowest BCUT2D eigenvalue weighted by Gasteiger charge is -2.10. The summed E-state index contributed by atoms with van der Waals surface area (Å²) in [4.78, 5) is 10.3. The van der Waals surface area contributed by atoms with Gasteiger partial charge in [0.05, 0.1) is 12.2 Å². The predicted octanol–water partition coefficient (Wildman–Crippen LogP) is 0.806. The molecule has 0 saturated carbocycles. The first kappa shape index (κ1) is 12.3. The van der Waals surface area contributed by atoms with Crippen molar-refractivity contribution >= 4 is 17.7 Å². The quantitative estimate of drug-likeness (QED) is 0.472. The molecule has 0 rings (SSSR count). The highest BCUT2D eigenvalue weighted by molar-refractivity contribution is 7.99. The van der Waals surface area contributed by atoms with Gasteiger partial charge in [-0.05, 0) is 6.92 Å². The van der Waals surface area contributed by atoms with Crippen LogP contribution >= 0.6 is 11.8 Å². The number of thioether (sulfide) groups is 1. The lowest BCUT2D eigenvalue weighted by atomic mass is 10.2. The van der Waals surface area contributed by atoms with E-state index in [1.54, 1.807) is 11.8 Å². The van der Waals surface area contributed by atoms with Crippen molar-refractivity contribution < 1.29 is 9.90 Å². The van der Waals surface area contributed by atoms with Crippen molar-refractivity contribution in [2.24, 2.45) is 0 Å². The average molecular weight is 201 g/mol. The molecule has 0 bridgehead atoms. The van der Waals surface area contributed by atoms with Gasteiger partial charge in [0, 0.05) is 18.3 Å². The van der Waals surface area contributed by atoms with Crippen LogP contribution in [0, 0.1) is 12.3 Å². The molecule has 0 spiro atoms. The number of terminal acetylenes is 1. The zero-order chi connectivity index (χ0) is 10.1. The molecule has 3 nitrogen and oxygen atoms in total. The Labute approximate surface area is 83.3 Å². The maximum atomic E-state index is 10.3. The number of hydrogen-bond donors (Lipinski definition) is 2. The third-order valence-electron chi connectivity index (χ3n) is 1.41. The Kier molecular flexibility index (Phi) is 7.56. The zero-order valence-corrected chi connectivity index (χ0v) is 8.56. The highest BCUT2D eigenvalue weighted by Crippen LogP contribution is 1.96. The van der Waals surface area contributed by atoms with Gasteiger partial charge < -0.3 is 10.4 Å². The van der Waals surface area contributed by atoms with Gasteiger partial charge in [0.15, 0.2) is 0 Å². The van der Waals surface area contributed by atoms with E-state index in [2.05, 4.69) is 11.2 Å². The van der Waals surface area contributed by atoms with Gasteiger partial charge >= 0.3 is 5.97 Å². The Hall–Kier alpha value is -0.660. The van der Waals surface area contributed by atoms with E-state index in [9.17, 15) is 4.79 Å². The highest BCUT2D eigenvalue weighted by atomic mass is 32.2. The Balaban J connectivity index is 3.22.